The van der Waals surface area contributed by atoms with Gasteiger partial charge in [-0.1, -0.05) is 11.8 Å². The first-order valence-electron chi connectivity index (χ1n) is 5.83. The molecule has 0 unspecified atom stereocenters. The molecule has 0 bridgehead atoms. The van der Waals surface area contributed by atoms with Gasteiger partial charge in [-0.15, -0.1) is 10.2 Å². The van der Waals surface area contributed by atoms with Gasteiger partial charge < -0.3 is 5.11 Å². The van der Waals surface area contributed by atoms with Crippen LogP contribution < -0.4 is 5.56 Å². The van der Waals surface area contributed by atoms with Gasteiger partial charge in [0.25, 0.3) is 5.56 Å². The zero-order chi connectivity index (χ0) is 14.9. The predicted octanol–water partition coefficient (Wildman–Crippen LogP) is -0.0572. The van der Waals surface area contributed by atoms with Gasteiger partial charge in [0.2, 0.25) is 5.16 Å². The zero-order valence-corrected chi connectivity index (χ0v) is 11.7. The van der Waals surface area contributed by atoms with Crippen molar-refractivity contribution in [1.29, 1.82) is 0 Å². The molecule has 2 rings (SSSR count). The molecule has 8 nitrogen and oxygen atoms in total. The summed E-state index contributed by atoms with van der Waals surface area (Å²) in [4.78, 5) is 34.1. The highest BCUT2D eigenvalue weighted by Gasteiger charge is 2.27. The number of aryl methyl sites for hydroxylation is 1. The van der Waals surface area contributed by atoms with Crippen molar-refractivity contribution in [2.45, 2.75) is 37.1 Å². The quantitative estimate of drug-likeness (QED) is 0.827. The standard InChI is InChI=1S/C11H12N4O4S/c1-5-9(6(2)16)20-11-13-12-7(3-4-8(17)18)10(19)15(11)14-5/h9H,3-4H2,1-2H3,(H,17,18)/t9-/m0/s1. The van der Waals surface area contributed by atoms with Crippen LogP contribution in [0.4, 0.5) is 0 Å². The van der Waals surface area contributed by atoms with E-state index in [-0.39, 0.29) is 29.5 Å². The van der Waals surface area contributed by atoms with Crippen LogP contribution in [-0.4, -0.2) is 42.7 Å². The first-order valence-corrected chi connectivity index (χ1v) is 6.71. The summed E-state index contributed by atoms with van der Waals surface area (Å²) in [6, 6.07) is 0. The van der Waals surface area contributed by atoms with Gasteiger partial charge >= 0.3 is 5.97 Å². The minimum atomic E-state index is -1.01. The number of aromatic nitrogens is 3. The highest BCUT2D eigenvalue weighted by atomic mass is 32.2. The lowest BCUT2D eigenvalue weighted by molar-refractivity contribution is -0.137. The van der Waals surface area contributed by atoms with Gasteiger partial charge in [0.1, 0.15) is 16.7 Å². The second-order valence-corrected chi connectivity index (χ2v) is 5.36. The van der Waals surface area contributed by atoms with E-state index >= 15 is 0 Å². The van der Waals surface area contributed by atoms with Crippen molar-refractivity contribution < 1.29 is 14.7 Å². The molecule has 1 aliphatic rings. The third kappa shape index (κ3) is 2.77. The third-order valence-electron chi connectivity index (χ3n) is 2.68. The van der Waals surface area contributed by atoms with E-state index in [0.717, 1.165) is 16.4 Å². The number of nitrogens with zero attached hydrogens (tertiary/aromatic N) is 4. The zero-order valence-electron chi connectivity index (χ0n) is 10.9. The molecule has 1 aromatic heterocycles. The summed E-state index contributed by atoms with van der Waals surface area (Å²) in [5.41, 5.74) is 0.0639. The average Bonchev–Trinajstić information content (AvgIpc) is 2.37. The van der Waals surface area contributed by atoms with E-state index in [9.17, 15) is 14.4 Å². The van der Waals surface area contributed by atoms with Crippen molar-refractivity contribution >= 4 is 29.2 Å². The highest BCUT2D eigenvalue weighted by Crippen LogP contribution is 2.25. The van der Waals surface area contributed by atoms with Crippen molar-refractivity contribution in [3.63, 3.8) is 0 Å². The van der Waals surface area contributed by atoms with Gasteiger partial charge in [-0.05, 0) is 13.8 Å². The summed E-state index contributed by atoms with van der Waals surface area (Å²) < 4.78 is 1.07. The maximum atomic E-state index is 12.1. The Kier molecular flexibility index (Phi) is 3.98. The fraction of sp³-hybridized carbons (Fsp3) is 0.455. The second-order valence-electron chi connectivity index (χ2n) is 4.29. The van der Waals surface area contributed by atoms with Crippen molar-refractivity contribution in [3.05, 3.63) is 16.0 Å². The number of hydrogen-bond donors (Lipinski definition) is 1. The molecular weight excluding hydrogens is 284 g/mol. The van der Waals surface area contributed by atoms with Gasteiger partial charge in [0.05, 0.1) is 12.1 Å². The van der Waals surface area contributed by atoms with Gasteiger partial charge in [-0.2, -0.15) is 9.78 Å². The van der Waals surface area contributed by atoms with Gasteiger partial charge in [-0.25, -0.2) is 0 Å². The summed E-state index contributed by atoms with van der Waals surface area (Å²) in [7, 11) is 0. The molecule has 1 aromatic rings. The molecule has 1 aliphatic heterocycles. The molecule has 0 fully saturated rings. The number of fused-ring (bicyclic) bond motifs is 1. The smallest absolute Gasteiger partial charge is 0.303 e. The van der Waals surface area contributed by atoms with Gasteiger partial charge in [-0.3, -0.25) is 14.4 Å². The number of thioether (sulfide) groups is 1. The lowest BCUT2D eigenvalue weighted by Crippen LogP contribution is -2.34. The summed E-state index contributed by atoms with van der Waals surface area (Å²) in [5, 5.41) is 20.0. The van der Waals surface area contributed by atoms with Crippen LogP contribution in [0, 0.1) is 0 Å². The maximum absolute atomic E-state index is 12.1. The predicted molar refractivity (Wildman–Crippen MR) is 71.1 cm³/mol. The largest absolute Gasteiger partial charge is 0.481 e. The summed E-state index contributed by atoms with van der Waals surface area (Å²) in [6.07, 6.45) is -0.202. The van der Waals surface area contributed by atoms with Crippen LogP contribution in [0.2, 0.25) is 0 Å². The van der Waals surface area contributed by atoms with Crippen molar-refractivity contribution in [2.24, 2.45) is 5.10 Å². The molecule has 0 spiro atoms. The van der Waals surface area contributed by atoms with E-state index in [1.165, 1.54) is 6.92 Å². The van der Waals surface area contributed by atoms with Crippen LogP contribution in [0.1, 0.15) is 26.0 Å². The normalized spacial score (nSPS) is 17.3. The molecular formula is C11H12N4O4S. The molecule has 106 valence electrons. The fourth-order valence-electron chi connectivity index (χ4n) is 1.72. The van der Waals surface area contributed by atoms with Crippen LogP contribution in [-0.2, 0) is 16.0 Å². The number of hydrogen-bond acceptors (Lipinski definition) is 7. The van der Waals surface area contributed by atoms with Crippen LogP contribution in [0.5, 0.6) is 0 Å². The van der Waals surface area contributed by atoms with E-state index in [1.807, 2.05) is 0 Å². The van der Waals surface area contributed by atoms with Crippen LogP contribution in [0.25, 0.3) is 0 Å². The Morgan fingerprint density at radius 2 is 2.10 bits per heavy atom. The van der Waals surface area contributed by atoms with Crippen LogP contribution in [0.3, 0.4) is 0 Å². The van der Waals surface area contributed by atoms with Crippen molar-refractivity contribution in [3.8, 4) is 0 Å². The number of carboxylic acid groups (broad SMARTS) is 1. The van der Waals surface area contributed by atoms with Crippen LogP contribution in [0.15, 0.2) is 15.1 Å². The van der Waals surface area contributed by atoms with E-state index in [4.69, 9.17) is 5.11 Å². The van der Waals surface area contributed by atoms with Gasteiger partial charge in [0, 0.05) is 6.42 Å². The summed E-state index contributed by atoms with van der Waals surface area (Å²) in [5.74, 6) is -1.09. The Morgan fingerprint density at radius 3 is 2.70 bits per heavy atom. The van der Waals surface area contributed by atoms with Gasteiger partial charge in [0.15, 0.2) is 0 Å². The first kappa shape index (κ1) is 14.4. The molecule has 0 saturated carbocycles. The van der Waals surface area contributed by atoms with E-state index < -0.39 is 16.8 Å². The number of carbonyl (C=O) groups excluding carboxylic acids is 1. The molecule has 9 heteroatoms. The SMILES string of the molecule is CC(=O)[C@H]1Sc2nnc(CCC(=O)O)c(=O)n2N=C1C. The average molecular weight is 296 g/mol. The Labute approximate surface area is 117 Å². The number of ketones is 1. The van der Waals surface area contributed by atoms with E-state index in [1.54, 1.807) is 6.92 Å². The molecule has 0 aliphatic carbocycles. The summed E-state index contributed by atoms with van der Waals surface area (Å²) >= 11 is 1.11. The molecule has 0 saturated heterocycles. The topological polar surface area (TPSA) is 115 Å². The lowest BCUT2D eigenvalue weighted by Gasteiger charge is -2.19. The molecule has 0 amide bonds. The molecule has 20 heavy (non-hydrogen) atoms. The Hall–Kier alpha value is -2.03. The summed E-state index contributed by atoms with van der Waals surface area (Å²) in [6.45, 7) is 3.10. The van der Waals surface area contributed by atoms with Crippen molar-refractivity contribution in [1.82, 2.24) is 14.9 Å². The Bertz CT molecular complexity index is 667. The molecule has 1 atom stereocenters. The highest BCUT2D eigenvalue weighted by molar-refractivity contribution is 8.01. The number of aliphatic carboxylic acids is 1. The van der Waals surface area contributed by atoms with E-state index in [2.05, 4.69) is 15.3 Å². The molecule has 1 N–H and O–H groups in total. The minimum Gasteiger partial charge on any atom is -0.481 e. The Morgan fingerprint density at radius 1 is 1.40 bits per heavy atom. The Balaban J connectivity index is 2.38. The minimum absolute atomic E-state index is 0.00316. The maximum Gasteiger partial charge on any atom is 0.303 e. The van der Waals surface area contributed by atoms with E-state index in [0.29, 0.717) is 5.71 Å². The second kappa shape index (κ2) is 5.53. The molecule has 0 aromatic carbocycles. The number of rotatable bonds is 4. The monoisotopic (exact) mass is 296 g/mol. The number of carbonyl (C=O) groups is 2. The fourth-order valence-corrected chi connectivity index (χ4v) is 2.63. The molecule has 2 heterocycles. The number of carboxylic acids is 1. The molecule has 0 radical (unpaired) electrons. The first-order chi connectivity index (χ1) is 9.40. The van der Waals surface area contributed by atoms with Crippen LogP contribution >= 0.6 is 11.8 Å². The number of Topliss-reactive ketones (excluding diaryl/α,β-unsaturated/α-hetero) is 1. The van der Waals surface area contributed by atoms with Crippen molar-refractivity contribution in [2.75, 3.05) is 0 Å². The lowest BCUT2D eigenvalue weighted by atomic mass is 10.2. The third-order valence-corrected chi connectivity index (χ3v) is 4.06.